The second-order valence-corrected chi connectivity index (χ2v) is 5.36. The summed E-state index contributed by atoms with van der Waals surface area (Å²) in [6.45, 7) is 2.18. The lowest BCUT2D eigenvalue weighted by molar-refractivity contribution is 0.899. The average Bonchev–Trinajstić information content (AvgIpc) is 2.75. The van der Waals surface area contributed by atoms with Gasteiger partial charge in [0, 0.05) is 11.9 Å². The molecule has 0 fully saturated rings. The van der Waals surface area contributed by atoms with Crippen molar-refractivity contribution in [1.29, 1.82) is 0 Å². The molecule has 3 rings (SSSR count). The van der Waals surface area contributed by atoms with Gasteiger partial charge in [0.25, 0.3) is 0 Å². The summed E-state index contributed by atoms with van der Waals surface area (Å²) >= 11 is 5.79. The first-order chi connectivity index (χ1) is 9.20. The van der Waals surface area contributed by atoms with Gasteiger partial charge in [0.1, 0.15) is 0 Å². The van der Waals surface area contributed by atoms with E-state index in [9.17, 15) is 0 Å². The molecule has 1 heterocycles. The Morgan fingerprint density at radius 3 is 2.95 bits per heavy atom. The van der Waals surface area contributed by atoms with Gasteiger partial charge in [0.05, 0.1) is 0 Å². The Bertz CT molecular complexity index is 647. The fourth-order valence-electron chi connectivity index (χ4n) is 2.49. The minimum atomic E-state index is 0.324. The molecular formula is C16H15ClN2. The van der Waals surface area contributed by atoms with Crippen LogP contribution in [0.25, 0.3) is 6.08 Å². The van der Waals surface area contributed by atoms with Crippen molar-refractivity contribution in [3.63, 3.8) is 0 Å². The van der Waals surface area contributed by atoms with E-state index in [0.717, 1.165) is 25.0 Å². The van der Waals surface area contributed by atoms with Crippen LogP contribution in [0.15, 0.2) is 36.0 Å². The van der Waals surface area contributed by atoms with Crippen LogP contribution in [0.2, 0.25) is 5.28 Å². The summed E-state index contributed by atoms with van der Waals surface area (Å²) in [6, 6.07) is 8.66. The van der Waals surface area contributed by atoms with Crippen LogP contribution in [0.3, 0.4) is 0 Å². The molecule has 2 aromatic rings. The number of fused-ring (bicyclic) bond motifs is 1. The lowest BCUT2D eigenvalue weighted by Gasteiger charge is -2.05. The number of hydrogen-bond acceptors (Lipinski definition) is 2. The first-order valence-electron chi connectivity index (χ1n) is 6.47. The van der Waals surface area contributed by atoms with Gasteiger partial charge in [-0.15, -0.1) is 0 Å². The van der Waals surface area contributed by atoms with Gasteiger partial charge >= 0.3 is 0 Å². The van der Waals surface area contributed by atoms with Gasteiger partial charge < -0.3 is 0 Å². The van der Waals surface area contributed by atoms with Crippen molar-refractivity contribution in [3.8, 4) is 0 Å². The molecule has 1 aliphatic rings. The summed E-state index contributed by atoms with van der Waals surface area (Å²) in [4.78, 5) is 8.11. The minimum absolute atomic E-state index is 0.324. The maximum Gasteiger partial charge on any atom is 0.222 e. The lowest BCUT2D eigenvalue weighted by Crippen LogP contribution is -1.96. The molecule has 0 bridgehead atoms. The topological polar surface area (TPSA) is 25.8 Å². The molecule has 0 spiro atoms. The van der Waals surface area contributed by atoms with Crippen LogP contribution >= 0.6 is 11.6 Å². The van der Waals surface area contributed by atoms with Crippen LogP contribution in [0.4, 0.5) is 0 Å². The highest BCUT2D eigenvalue weighted by molar-refractivity contribution is 6.28. The van der Waals surface area contributed by atoms with E-state index in [2.05, 4.69) is 41.2 Å². The van der Waals surface area contributed by atoms with E-state index in [4.69, 9.17) is 11.6 Å². The number of allylic oxidation sites excluding steroid dienone is 1. The van der Waals surface area contributed by atoms with Crippen LogP contribution in [0.1, 0.15) is 29.3 Å². The molecule has 19 heavy (non-hydrogen) atoms. The van der Waals surface area contributed by atoms with Crippen LogP contribution in [-0.2, 0) is 19.3 Å². The number of nitrogens with zero attached hydrogens (tertiary/aromatic N) is 2. The van der Waals surface area contributed by atoms with Gasteiger partial charge in [-0.1, -0.05) is 29.8 Å². The molecule has 1 aromatic carbocycles. The number of hydrogen-bond donors (Lipinski definition) is 0. The van der Waals surface area contributed by atoms with E-state index < -0.39 is 0 Å². The normalized spacial score (nSPS) is 13.3. The van der Waals surface area contributed by atoms with E-state index in [1.165, 1.54) is 22.3 Å². The van der Waals surface area contributed by atoms with Gasteiger partial charge in [0.15, 0.2) is 0 Å². The Hall–Kier alpha value is -1.67. The molecule has 0 radical (unpaired) electrons. The van der Waals surface area contributed by atoms with Crippen molar-refractivity contribution < 1.29 is 0 Å². The third kappa shape index (κ3) is 2.85. The predicted octanol–water partition coefficient (Wildman–Crippen LogP) is 3.87. The lowest BCUT2D eigenvalue weighted by atomic mass is 10.0. The molecular weight excluding hydrogens is 256 g/mol. The Kier molecular flexibility index (Phi) is 3.34. The van der Waals surface area contributed by atoms with Gasteiger partial charge in [0.2, 0.25) is 5.28 Å². The second-order valence-electron chi connectivity index (χ2n) is 5.02. The Balaban J connectivity index is 1.73. The summed E-state index contributed by atoms with van der Waals surface area (Å²) in [6.07, 6.45) is 6.95. The molecule has 0 saturated carbocycles. The van der Waals surface area contributed by atoms with E-state index in [0.29, 0.717) is 5.28 Å². The zero-order valence-corrected chi connectivity index (χ0v) is 11.6. The van der Waals surface area contributed by atoms with E-state index in [1.54, 1.807) is 6.20 Å². The van der Waals surface area contributed by atoms with Crippen LogP contribution in [0, 0.1) is 0 Å². The monoisotopic (exact) mass is 270 g/mol. The summed E-state index contributed by atoms with van der Waals surface area (Å²) in [5, 5.41) is 0.324. The maximum atomic E-state index is 5.79. The Labute approximate surface area is 118 Å². The van der Waals surface area contributed by atoms with E-state index >= 15 is 0 Å². The first-order valence-corrected chi connectivity index (χ1v) is 6.85. The fraction of sp³-hybridized carbons (Fsp3) is 0.250. The molecule has 96 valence electrons. The molecule has 0 atom stereocenters. The van der Waals surface area contributed by atoms with Crippen molar-refractivity contribution in [1.82, 2.24) is 9.97 Å². The standard InChI is InChI=1S/C16H15ClN2/c1-11-8-13-4-2-12(10-14(13)9-11)3-5-15-6-7-18-16(17)19-15/h2,4,6-7,9-10H,3,5,8H2,1H3. The van der Waals surface area contributed by atoms with Gasteiger partial charge in [-0.2, -0.15) is 0 Å². The highest BCUT2D eigenvalue weighted by atomic mass is 35.5. The highest BCUT2D eigenvalue weighted by Gasteiger charge is 2.09. The van der Waals surface area contributed by atoms with Crippen molar-refractivity contribution in [2.75, 3.05) is 0 Å². The smallest absolute Gasteiger partial charge is 0.222 e. The number of aromatic nitrogens is 2. The molecule has 0 unspecified atom stereocenters. The van der Waals surface area contributed by atoms with Crippen molar-refractivity contribution in [2.24, 2.45) is 0 Å². The van der Waals surface area contributed by atoms with Crippen LogP contribution < -0.4 is 0 Å². The summed E-state index contributed by atoms with van der Waals surface area (Å²) in [5.41, 5.74) is 6.59. The summed E-state index contributed by atoms with van der Waals surface area (Å²) in [7, 11) is 0. The largest absolute Gasteiger partial charge is 0.227 e. The third-order valence-corrected chi connectivity index (χ3v) is 3.62. The van der Waals surface area contributed by atoms with Crippen molar-refractivity contribution in [2.45, 2.75) is 26.2 Å². The van der Waals surface area contributed by atoms with Crippen molar-refractivity contribution >= 4 is 17.7 Å². The molecule has 3 heteroatoms. The third-order valence-electron chi connectivity index (χ3n) is 3.44. The Morgan fingerprint density at radius 2 is 2.11 bits per heavy atom. The van der Waals surface area contributed by atoms with Gasteiger partial charge in [-0.05, 0) is 60.5 Å². The molecule has 0 aliphatic heterocycles. The van der Waals surface area contributed by atoms with Crippen LogP contribution in [-0.4, -0.2) is 9.97 Å². The molecule has 2 nitrogen and oxygen atoms in total. The van der Waals surface area contributed by atoms with Gasteiger partial charge in [-0.3, -0.25) is 0 Å². The maximum absolute atomic E-state index is 5.79. The molecule has 1 aliphatic carbocycles. The Morgan fingerprint density at radius 1 is 1.21 bits per heavy atom. The van der Waals surface area contributed by atoms with Crippen LogP contribution in [0.5, 0.6) is 0 Å². The number of halogens is 1. The highest BCUT2D eigenvalue weighted by Crippen LogP contribution is 2.25. The average molecular weight is 271 g/mol. The quantitative estimate of drug-likeness (QED) is 0.791. The SMILES string of the molecule is CC1=Cc2cc(CCc3ccnc(Cl)n3)ccc2C1. The second kappa shape index (κ2) is 5.14. The van der Waals surface area contributed by atoms with E-state index in [-0.39, 0.29) is 0 Å². The zero-order valence-electron chi connectivity index (χ0n) is 10.9. The molecule has 1 aromatic heterocycles. The minimum Gasteiger partial charge on any atom is -0.227 e. The fourth-order valence-corrected chi connectivity index (χ4v) is 2.66. The zero-order chi connectivity index (χ0) is 13.2. The van der Waals surface area contributed by atoms with E-state index in [1.807, 2.05) is 6.07 Å². The summed E-state index contributed by atoms with van der Waals surface area (Å²) in [5.74, 6) is 0. The van der Waals surface area contributed by atoms with Gasteiger partial charge in [-0.25, -0.2) is 9.97 Å². The number of rotatable bonds is 3. The van der Waals surface area contributed by atoms with Crippen molar-refractivity contribution in [3.05, 3.63) is 63.7 Å². The molecule has 0 N–H and O–H groups in total. The molecule has 0 saturated heterocycles. The first kappa shape index (κ1) is 12.4. The molecule has 0 amide bonds. The number of aryl methyl sites for hydroxylation is 2. The number of benzene rings is 1. The predicted molar refractivity (Wildman–Crippen MR) is 78.2 cm³/mol. The summed E-state index contributed by atoms with van der Waals surface area (Å²) < 4.78 is 0.